The lowest BCUT2D eigenvalue weighted by molar-refractivity contribution is -0.123. The number of nitrogens with zero attached hydrogens (tertiary/aromatic N) is 2. The van der Waals surface area contributed by atoms with Gasteiger partial charge in [0.15, 0.2) is 0 Å². The molecule has 2 N–H and O–H groups in total. The van der Waals surface area contributed by atoms with E-state index in [9.17, 15) is 19.2 Å². The first-order valence-electron chi connectivity index (χ1n) is 10.2. The summed E-state index contributed by atoms with van der Waals surface area (Å²) in [6, 6.07) is 5.55. The van der Waals surface area contributed by atoms with Crippen LogP contribution >= 0.6 is 11.8 Å². The molecule has 1 unspecified atom stereocenters. The van der Waals surface area contributed by atoms with E-state index in [1.54, 1.807) is 30.3 Å². The van der Waals surface area contributed by atoms with Gasteiger partial charge in [-0.2, -0.15) is 11.8 Å². The SMILES string of the molecule is C=CCSCC(NC(=O)c1ccc(N2C(=O)CCC2=O)cc1)C(=O)NCCCN(C)C. The molecule has 0 bridgehead atoms. The third-order valence-electron chi connectivity index (χ3n) is 4.66. The van der Waals surface area contributed by atoms with Crippen LogP contribution in [-0.2, 0) is 14.4 Å². The first kappa shape index (κ1) is 24.6. The number of hydrogen-bond donors (Lipinski definition) is 2. The summed E-state index contributed by atoms with van der Waals surface area (Å²) in [4.78, 5) is 52.2. The van der Waals surface area contributed by atoms with Crippen molar-refractivity contribution in [2.24, 2.45) is 0 Å². The number of imide groups is 1. The maximum atomic E-state index is 12.7. The Labute approximate surface area is 187 Å². The normalized spacial score (nSPS) is 14.6. The second kappa shape index (κ2) is 12.3. The second-order valence-corrected chi connectivity index (χ2v) is 8.54. The van der Waals surface area contributed by atoms with Crippen LogP contribution in [0, 0.1) is 0 Å². The Morgan fingerprint density at radius 1 is 1.19 bits per heavy atom. The molecule has 1 atom stereocenters. The fourth-order valence-electron chi connectivity index (χ4n) is 3.05. The number of thioether (sulfide) groups is 1. The van der Waals surface area contributed by atoms with Crippen molar-refractivity contribution in [2.45, 2.75) is 25.3 Å². The number of amides is 4. The smallest absolute Gasteiger partial charge is 0.251 e. The minimum atomic E-state index is -0.682. The van der Waals surface area contributed by atoms with Gasteiger partial charge < -0.3 is 15.5 Å². The highest BCUT2D eigenvalue weighted by Crippen LogP contribution is 2.22. The van der Waals surface area contributed by atoms with E-state index in [1.165, 1.54) is 11.8 Å². The standard InChI is InChI=1S/C22H30N4O4S/c1-4-14-31-15-18(22(30)23-12-5-13-25(2)3)24-21(29)16-6-8-17(9-7-16)26-19(27)10-11-20(26)28/h4,6-9,18H,1,5,10-15H2,2-3H3,(H,23,30)(H,24,29). The fourth-order valence-corrected chi connectivity index (χ4v) is 3.82. The highest BCUT2D eigenvalue weighted by Gasteiger charge is 2.30. The maximum absolute atomic E-state index is 12.7. The van der Waals surface area contributed by atoms with Crippen molar-refractivity contribution < 1.29 is 19.2 Å². The Kier molecular flexibility index (Phi) is 9.74. The fraction of sp³-hybridized carbons (Fsp3) is 0.455. The molecule has 9 heteroatoms. The molecule has 0 saturated carbocycles. The van der Waals surface area contributed by atoms with Crippen LogP contribution in [0.5, 0.6) is 0 Å². The lowest BCUT2D eigenvalue weighted by atomic mass is 10.1. The summed E-state index contributed by atoms with van der Waals surface area (Å²) >= 11 is 1.51. The van der Waals surface area contributed by atoms with Gasteiger partial charge in [-0.05, 0) is 51.3 Å². The zero-order valence-corrected chi connectivity index (χ0v) is 18.9. The molecule has 0 spiro atoms. The molecule has 1 aliphatic heterocycles. The first-order valence-corrected chi connectivity index (χ1v) is 11.4. The third kappa shape index (κ3) is 7.52. The van der Waals surface area contributed by atoms with E-state index in [-0.39, 0.29) is 30.6 Å². The van der Waals surface area contributed by atoms with Crippen LogP contribution in [0.15, 0.2) is 36.9 Å². The van der Waals surface area contributed by atoms with Crippen LogP contribution in [0.25, 0.3) is 0 Å². The van der Waals surface area contributed by atoms with Crippen molar-refractivity contribution in [3.05, 3.63) is 42.5 Å². The Bertz CT molecular complexity index is 794. The summed E-state index contributed by atoms with van der Waals surface area (Å²) in [5.41, 5.74) is 0.794. The number of carbonyl (C=O) groups is 4. The number of benzene rings is 1. The third-order valence-corrected chi connectivity index (χ3v) is 5.70. The minimum absolute atomic E-state index is 0.203. The average Bonchev–Trinajstić information content (AvgIpc) is 3.08. The van der Waals surface area contributed by atoms with Crippen molar-refractivity contribution in [3.63, 3.8) is 0 Å². The van der Waals surface area contributed by atoms with Crippen LogP contribution in [0.4, 0.5) is 5.69 Å². The molecule has 8 nitrogen and oxygen atoms in total. The number of anilines is 1. The Hall–Kier alpha value is -2.65. The van der Waals surface area contributed by atoms with Gasteiger partial charge in [-0.25, -0.2) is 0 Å². The maximum Gasteiger partial charge on any atom is 0.251 e. The summed E-state index contributed by atoms with van der Waals surface area (Å²) in [5, 5.41) is 5.66. The Morgan fingerprint density at radius 3 is 2.42 bits per heavy atom. The number of rotatable bonds is 12. The van der Waals surface area contributed by atoms with Gasteiger partial charge in [0.25, 0.3) is 5.91 Å². The predicted molar refractivity (Wildman–Crippen MR) is 123 cm³/mol. The molecule has 1 aromatic carbocycles. The van der Waals surface area contributed by atoms with Gasteiger partial charge in [0, 0.05) is 36.5 Å². The lowest BCUT2D eigenvalue weighted by Gasteiger charge is -2.19. The van der Waals surface area contributed by atoms with E-state index in [0.29, 0.717) is 29.3 Å². The minimum Gasteiger partial charge on any atom is -0.354 e. The Morgan fingerprint density at radius 2 is 1.84 bits per heavy atom. The van der Waals surface area contributed by atoms with E-state index in [0.717, 1.165) is 17.9 Å². The highest BCUT2D eigenvalue weighted by molar-refractivity contribution is 7.99. The van der Waals surface area contributed by atoms with Gasteiger partial charge >= 0.3 is 0 Å². The summed E-state index contributed by atoms with van der Waals surface area (Å²) in [7, 11) is 3.94. The summed E-state index contributed by atoms with van der Waals surface area (Å²) in [6.45, 7) is 5.06. The average molecular weight is 447 g/mol. The number of carbonyl (C=O) groups excluding carboxylic acids is 4. The molecule has 1 aliphatic rings. The van der Waals surface area contributed by atoms with Crippen LogP contribution in [0.2, 0.25) is 0 Å². The van der Waals surface area contributed by atoms with E-state index in [4.69, 9.17) is 0 Å². The monoisotopic (exact) mass is 446 g/mol. The zero-order chi connectivity index (χ0) is 22.8. The van der Waals surface area contributed by atoms with Crippen LogP contribution < -0.4 is 15.5 Å². The summed E-state index contributed by atoms with van der Waals surface area (Å²) in [5.74, 6) is -0.00866. The highest BCUT2D eigenvalue weighted by atomic mass is 32.2. The van der Waals surface area contributed by atoms with Gasteiger partial charge in [0.1, 0.15) is 6.04 Å². The topological polar surface area (TPSA) is 98.8 Å². The number of hydrogen-bond acceptors (Lipinski definition) is 6. The van der Waals surface area contributed by atoms with Crippen molar-refractivity contribution in [2.75, 3.05) is 43.6 Å². The summed E-state index contributed by atoms with van der Waals surface area (Å²) in [6.07, 6.45) is 2.97. The van der Waals surface area contributed by atoms with Crippen molar-refractivity contribution in [1.29, 1.82) is 0 Å². The molecular weight excluding hydrogens is 416 g/mol. The molecule has 31 heavy (non-hydrogen) atoms. The van der Waals surface area contributed by atoms with Gasteiger partial charge in [-0.3, -0.25) is 24.1 Å². The van der Waals surface area contributed by atoms with Crippen molar-refractivity contribution in [1.82, 2.24) is 15.5 Å². The van der Waals surface area contributed by atoms with Crippen LogP contribution in [-0.4, -0.2) is 73.3 Å². The first-order chi connectivity index (χ1) is 14.8. The number of nitrogens with one attached hydrogen (secondary N) is 2. The molecule has 4 amide bonds. The molecule has 1 saturated heterocycles. The summed E-state index contributed by atoms with van der Waals surface area (Å²) < 4.78 is 0. The molecular formula is C22H30N4O4S. The zero-order valence-electron chi connectivity index (χ0n) is 18.1. The second-order valence-electron chi connectivity index (χ2n) is 7.47. The molecule has 0 radical (unpaired) electrons. The predicted octanol–water partition coefficient (Wildman–Crippen LogP) is 1.43. The van der Waals surface area contributed by atoms with Crippen LogP contribution in [0.3, 0.4) is 0 Å². The molecule has 1 aromatic rings. The molecule has 1 heterocycles. The molecule has 0 aromatic heterocycles. The van der Waals surface area contributed by atoms with E-state index < -0.39 is 11.9 Å². The molecule has 168 valence electrons. The van der Waals surface area contributed by atoms with Gasteiger partial charge in [0.05, 0.1) is 5.69 Å². The van der Waals surface area contributed by atoms with Gasteiger partial charge in [-0.1, -0.05) is 6.08 Å². The van der Waals surface area contributed by atoms with Crippen molar-refractivity contribution in [3.8, 4) is 0 Å². The molecule has 2 rings (SSSR count). The lowest BCUT2D eigenvalue weighted by Crippen LogP contribution is -2.48. The molecule has 0 aliphatic carbocycles. The van der Waals surface area contributed by atoms with Gasteiger partial charge in [0.2, 0.25) is 17.7 Å². The van der Waals surface area contributed by atoms with Gasteiger partial charge in [-0.15, -0.1) is 6.58 Å². The van der Waals surface area contributed by atoms with E-state index in [2.05, 4.69) is 17.2 Å². The molecule has 1 fully saturated rings. The largest absolute Gasteiger partial charge is 0.354 e. The Balaban J connectivity index is 1.99. The van der Waals surface area contributed by atoms with E-state index >= 15 is 0 Å². The van der Waals surface area contributed by atoms with E-state index in [1.807, 2.05) is 19.0 Å². The van der Waals surface area contributed by atoms with Crippen LogP contribution in [0.1, 0.15) is 29.6 Å². The quantitative estimate of drug-likeness (QED) is 0.286. The van der Waals surface area contributed by atoms with Crippen molar-refractivity contribution >= 4 is 41.1 Å².